The number of anilines is 4. The van der Waals surface area contributed by atoms with E-state index >= 15 is 0 Å². The molecule has 3 aromatic heterocycles. The largest absolute Gasteiger partial charge is 0.339 e. The van der Waals surface area contributed by atoms with E-state index in [0.29, 0.717) is 33.9 Å². The monoisotopic (exact) mass is 437 g/mol. The molecule has 0 saturated heterocycles. The highest BCUT2D eigenvalue weighted by molar-refractivity contribution is 7.89. The number of hydrogen-bond acceptors (Lipinski definition) is 8. The molecule has 0 saturated carbocycles. The lowest BCUT2D eigenvalue weighted by Crippen LogP contribution is -2.18. The second-order valence-corrected chi connectivity index (χ2v) is 8.51. The van der Waals surface area contributed by atoms with Gasteiger partial charge in [-0.2, -0.15) is 0 Å². The van der Waals surface area contributed by atoms with Gasteiger partial charge in [-0.25, -0.2) is 23.1 Å². The van der Waals surface area contributed by atoms with Crippen LogP contribution >= 0.6 is 0 Å². The highest BCUT2D eigenvalue weighted by Crippen LogP contribution is 2.26. The van der Waals surface area contributed by atoms with Crippen molar-refractivity contribution in [3.63, 3.8) is 0 Å². The van der Waals surface area contributed by atoms with Crippen LogP contribution in [0.1, 0.15) is 0 Å². The summed E-state index contributed by atoms with van der Waals surface area (Å²) in [6.07, 6.45) is 6.36. The van der Waals surface area contributed by atoms with Crippen molar-refractivity contribution in [3.8, 4) is 0 Å². The third-order valence-corrected chi connectivity index (χ3v) is 6.01. The van der Waals surface area contributed by atoms with E-state index in [-0.39, 0.29) is 10.5 Å². The Kier molecular flexibility index (Phi) is 5.36. The molecule has 3 N–H and O–H groups in total. The first-order valence-electron chi connectivity index (χ1n) is 9.21. The molecule has 0 aliphatic carbocycles. The van der Waals surface area contributed by atoms with Gasteiger partial charge in [-0.05, 0) is 48.8 Å². The Morgan fingerprint density at radius 2 is 1.77 bits per heavy atom. The van der Waals surface area contributed by atoms with Crippen LogP contribution in [-0.2, 0) is 17.1 Å². The zero-order valence-corrected chi connectivity index (χ0v) is 17.5. The molecule has 0 aliphatic heterocycles. The molecule has 4 rings (SSSR count). The summed E-state index contributed by atoms with van der Waals surface area (Å²) in [4.78, 5) is 25.7. The van der Waals surface area contributed by atoms with Crippen LogP contribution in [0.15, 0.2) is 70.9 Å². The zero-order chi connectivity index (χ0) is 22.0. The molecule has 0 radical (unpaired) electrons. The summed E-state index contributed by atoms with van der Waals surface area (Å²) < 4.78 is 27.6. The molecular formula is C20H19N7O3S. The van der Waals surface area contributed by atoms with E-state index < -0.39 is 10.0 Å². The fourth-order valence-electron chi connectivity index (χ4n) is 2.98. The zero-order valence-electron chi connectivity index (χ0n) is 16.7. The minimum Gasteiger partial charge on any atom is -0.339 e. The van der Waals surface area contributed by atoms with Crippen LogP contribution in [-0.4, -0.2) is 35.0 Å². The summed E-state index contributed by atoms with van der Waals surface area (Å²) in [6, 6.07) is 9.71. The molecule has 0 atom stereocenters. The van der Waals surface area contributed by atoms with Gasteiger partial charge in [-0.1, -0.05) is 0 Å². The van der Waals surface area contributed by atoms with Gasteiger partial charge >= 0.3 is 0 Å². The predicted molar refractivity (Wildman–Crippen MR) is 118 cm³/mol. The van der Waals surface area contributed by atoms with E-state index in [2.05, 4.69) is 30.3 Å². The van der Waals surface area contributed by atoms with Crippen LogP contribution in [0.2, 0.25) is 0 Å². The second kappa shape index (κ2) is 8.13. The van der Waals surface area contributed by atoms with Crippen molar-refractivity contribution in [3.05, 3.63) is 71.5 Å². The minimum atomic E-state index is -3.55. The van der Waals surface area contributed by atoms with Crippen LogP contribution < -0.4 is 20.9 Å². The Bertz CT molecular complexity index is 1400. The summed E-state index contributed by atoms with van der Waals surface area (Å²) in [5.74, 6) is 1.30. The molecule has 4 aromatic rings. The number of nitrogens with zero attached hydrogens (tertiary/aromatic N) is 4. The lowest BCUT2D eigenvalue weighted by molar-refractivity contribution is 0.588. The molecule has 3 heterocycles. The van der Waals surface area contributed by atoms with Gasteiger partial charge in [0.15, 0.2) is 0 Å². The molecule has 10 nitrogen and oxygen atoms in total. The van der Waals surface area contributed by atoms with Crippen LogP contribution in [0.25, 0.3) is 10.8 Å². The van der Waals surface area contributed by atoms with Crippen LogP contribution in [0.3, 0.4) is 0 Å². The predicted octanol–water partition coefficient (Wildman–Crippen LogP) is 2.12. The van der Waals surface area contributed by atoms with E-state index in [1.54, 1.807) is 50.0 Å². The number of aryl methyl sites for hydroxylation is 1. The van der Waals surface area contributed by atoms with Crippen LogP contribution in [0, 0.1) is 0 Å². The molecule has 0 fully saturated rings. The number of fused-ring (bicyclic) bond motifs is 1. The van der Waals surface area contributed by atoms with E-state index in [1.807, 2.05) is 6.07 Å². The standard InChI is InChI=1S/C20H19N7O3S/c1-21-31(29,30)15-5-3-14(4-6-15)24-19-18-13(7-10-27(2)20(18)28)11-16(26-19)25-17-12-22-8-9-23-17/h3-12,21H,1-2H3,(H2,23,24,25,26). The number of pyridine rings is 2. The van der Waals surface area contributed by atoms with Gasteiger partial charge in [0, 0.05) is 31.3 Å². The fourth-order valence-corrected chi connectivity index (χ4v) is 3.71. The summed E-state index contributed by atoms with van der Waals surface area (Å²) in [6.45, 7) is 0. The van der Waals surface area contributed by atoms with Crippen molar-refractivity contribution >= 4 is 43.9 Å². The van der Waals surface area contributed by atoms with Gasteiger partial charge in [-0.15, -0.1) is 0 Å². The Hall–Kier alpha value is -3.83. The van der Waals surface area contributed by atoms with Crippen LogP contribution in [0.5, 0.6) is 0 Å². The average molecular weight is 437 g/mol. The first kappa shape index (κ1) is 20.4. The Morgan fingerprint density at radius 3 is 2.45 bits per heavy atom. The molecule has 0 amide bonds. The molecule has 0 aliphatic rings. The van der Waals surface area contributed by atoms with Crippen molar-refractivity contribution in [1.82, 2.24) is 24.2 Å². The third kappa shape index (κ3) is 4.22. The molecule has 0 bridgehead atoms. The summed E-state index contributed by atoms with van der Waals surface area (Å²) in [5, 5.41) is 7.28. The SMILES string of the molecule is CNS(=O)(=O)c1ccc(Nc2nc(Nc3cnccn3)cc3ccn(C)c(=O)c23)cc1. The fraction of sp³-hybridized carbons (Fsp3) is 0.100. The topological polar surface area (TPSA) is 131 Å². The van der Waals surface area contributed by atoms with Crippen molar-refractivity contribution in [1.29, 1.82) is 0 Å². The van der Waals surface area contributed by atoms with Gasteiger partial charge in [0.2, 0.25) is 10.0 Å². The van der Waals surface area contributed by atoms with E-state index in [9.17, 15) is 13.2 Å². The highest BCUT2D eigenvalue weighted by atomic mass is 32.2. The Morgan fingerprint density at radius 1 is 1.00 bits per heavy atom. The molecule has 0 spiro atoms. The molecule has 158 valence electrons. The quantitative estimate of drug-likeness (QED) is 0.418. The molecular weight excluding hydrogens is 418 g/mol. The highest BCUT2D eigenvalue weighted by Gasteiger charge is 2.14. The van der Waals surface area contributed by atoms with Crippen LogP contribution in [0.4, 0.5) is 23.1 Å². The number of sulfonamides is 1. The lowest BCUT2D eigenvalue weighted by Gasteiger charge is -2.13. The first-order valence-corrected chi connectivity index (χ1v) is 10.7. The second-order valence-electron chi connectivity index (χ2n) is 6.62. The van der Waals surface area contributed by atoms with Crippen molar-refractivity contribution < 1.29 is 8.42 Å². The van der Waals surface area contributed by atoms with Crippen molar-refractivity contribution in [2.45, 2.75) is 4.90 Å². The summed E-state index contributed by atoms with van der Waals surface area (Å²) in [7, 11) is -0.534. The molecule has 11 heteroatoms. The normalized spacial score (nSPS) is 11.4. The maximum Gasteiger partial charge on any atom is 0.261 e. The van der Waals surface area contributed by atoms with E-state index in [4.69, 9.17) is 0 Å². The number of benzene rings is 1. The summed E-state index contributed by atoms with van der Waals surface area (Å²) in [5.41, 5.74) is 0.361. The molecule has 0 unspecified atom stereocenters. The number of aromatic nitrogens is 4. The van der Waals surface area contributed by atoms with E-state index in [0.717, 1.165) is 0 Å². The Labute approximate surface area is 178 Å². The van der Waals surface area contributed by atoms with Gasteiger partial charge in [-0.3, -0.25) is 9.78 Å². The van der Waals surface area contributed by atoms with Gasteiger partial charge in [0.05, 0.1) is 16.5 Å². The summed E-state index contributed by atoms with van der Waals surface area (Å²) >= 11 is 0. The first-order chi connectivity index (χ1) is 14.9. The smallest absolute Gasteiger partial charge is 0.261 e. The number of rotatable bonds is 6. The third-order valence-electron chi connectivity index (χ3n) is 4.58. The lowest BCUT2D eigenvalue weighted by atomic mass is 10.2. The maximum absolute atomic E-state index is 12.8. The molecule has 31 heavy (non-hydrogen) atoms. The minimum absolute atomic E-state index is 0.132. The van der Waals surface area contributed by atoms with E-state index in [1.165, 1.54) is 23.7 Å². The molecule has 1 aromatic carbocycles. The Balaban J connectivity index is 1.78. The number of hydrogen-bond donors (Lipinski definition) is 3. The van der Waals surface area contributed by atoms with Crippen molar-refractivity contribution in [2.75, 3.05) is 17.7 Å². The van der Waals surface area contributed by atoms with Gasteiger partial charge in [0.25, 0.3) is 5.56 Å². The maximum atomic E-state index is 12.8. The van der Waals surface area contributed by atoms with Crippen molar-refractivity contribution in [2.24, 2.45) is 7.05 Å². The van der Waals surface area contributed by atoms with Gasteiger partial charge < -0.3 is 15.2 Å². The van der Waals surface area contributed by atoms with Gasteiger partial charge in [0.1, 0.15) is 17.5 Å². The average Bonchev–Trinajstić information content (AvgIpc) is 2.77. The number of nitrogens with one attached hydrogen (secondary N) is 3.